The molecular weight excluding hydrogens is 500 g/mol. The van der Waals surface area contributed by atoms with Crippen LogP contribution in [-0.4, -0.2) is 53.0 Å². The van der Waals surface area contributed by atoms with Crippen molar-refractivity contribution in [2.24, 2.45) is 0 Å². The molecule has 4 rings (SSSR count). The van der Waals surface area contributed by atoms with Crippen LogP contribution < -0.4 is 20.4 Å². The molecule has 12 heteroatoms. The average molecular weight is 517 g/mol. The first kappa shape index (κ1) is 22.0. The van der Waals surface area contributed by atoms with E-state index >= 15 is 0 Å². The van der Waals surface area contributed by atoms with Crippen LogP contribution in [0.2, 0.25) is 0 Å². The van der Waals surface area contributed by atoms with Gasteiger partial charge in [-0.15, -0.1) is 0 Å². The molecule has 164 valence electrons. The van der Waals surface area contributed by atoms with Gasteiger partial charge in [0.1, 0.15) is 5.57 Å². The standard InChI is InChI=1S/C20H17BrN6O4S/c21-12-2-1-3-13(10-12)26-19(29)14(18(28)24-20(26)32)11-15-16(25-8-6-22-7-9-25)4-5-17(23-15)27(30)31/h1-5,10-11,22H,6-9H2,(H,24,28,32)/b14-11-. The highest BCUT2D eigenvalue weighted by molar-refractivity contribution is 9.10. The third kappa shape index (κ3) is 4.38. The summed E-state index contributed by atoms with van der Waals surface area (Å²) in [5, 5.41) is 17.0. The first-order chi connectivity index (χ1) is 15.3. The van der Waals surface area contributed by atoms with Crippen molar-refractivity contribution in [3.8, 4) is 0 Å². The molecule has 32 heavy (non-hydrogen) atoms. The molecule has 0 atom stereocenters. The molecule has 0 unspecified atom stereocenters. The highest BCUT2D eigenvalue weighted by atomic mass is 79.9. The summed E-state index contributed by atoms with van der Waals surface area (Å²) in [4.78, 5) is 43.9. The number of benzene rings is 1. The Balaban J connectivity index is 1.79. The first-order valence-corrected chi connectivity index (χ1v) is 10.8. The van der Waals surface area contributed by atoms with Gasteiger partial charge in [0.15, 0.2) is 10.8 Å². The maximum atomic E-state index is 13.3. The van der Waals surface area contributed by atoms with Crippen LogP contribution in [-0.2, 0) is 9.59 Å². The number of carbonyl (C=O) groups excluding carboxylic acids is 2. The van der Waals surface area contributed by atoms with Gasteiger partial charge in [-0.2, -0.15) is 0 Å². The summed E-state index contributed by atoms with van der Waals surface area (Å²) < 4.78 is 0.731. The second-order valence-corrected chi connectivity index (χ2v) is 8.31. The number of amides is 2. The van der Waals surface area contributed by atoms with E-state index in [1.807, 2.05) is 4.90 Å². The minimum atomic E-state index is -0.689. The van der Waals surface area contributed by atoms with Crippen LogP contribution in [0.15, 0.2) is 46.4 Å². The number of carbonyl (C=O) groups is 2. The predicted molar refractivity (Wildman–Crippen MR) is 126 cm³/mol. The van der Waals surface area contributed by atoms with Crippen LogP contribution in [0.3, 0.4) is 0 Å². The largest absolute Gasteiger partial charge is 0.365 e. The number of hydrogen-bond donors (Lipinski definition) is 2. The summed E-state index contributed by atoms with van der Waals surface area (Å²) in [7, 11) is 0. The number of thiocarbonyl (C=S) groups is 1. The normalized spacial score (nSPS) is 18.2. The van der Waals surface area contributed by atoms with Gasteiger partial charge in [-0.05, 0) is 46.4 Å². The van der Waals surface area contributed by atoms with E-state index in [9.17, 15) is 19.7 Å². The average Bonchev–Trinajstić information content (AvgIpc) is 2.77. The number of nitrogens with one attached hydrogen (secondary N) is 2. The van der Waals surface area contributed by atoms with Crippen molar-refractivity contribution in [2.45, 2.75) is 0 Å². The second-order valence-electron chi connectivity index (χ2n) is 7.01. The molecular formula is C20H17BrN6O4S. The molecule has 0 saturated carbocycles. The lowest BCUT2D eigenvalue weighted by atomic mass is 10.1. The number of halogens is 1. The fourth-order valence-corrected chi connectivity index (χ4v) is 4.15. The van der Waals surface area contributed by atoms with Gasteiger partial charge >= 0.3 is 5.82 Å². The Morgan fingerprint density at radius 1 is 1.19 bits per heavy atom. The maximum Gasteiger partial charge on any atom is 0.364 e. The minimum absolute atomic E-state index is 0.0513. The highest BCUT2D eigenvalue weighted by Gasteiger charge is 2.35. The van der Waals surface area contributed by atoms with Gasteiger partial charge in [-0.25, -0.2) is 0 Å². The molecule has 0 bridgehead atoms. The maximum absolute atomic E-state index is 13.3. The highest BCUT2D eigenvalue weighted by Crippen LogP contribution is 2.28. The molecule has 2 amide bonds. The number of hydrogen-bond acceptors (Lipinski definition) is 8. The number of anilines is 2. The van der Waals surface area contributed by atoms with Crippen molar-refractivity contribution in [1.82, 2.24) is 15.6 Å². The summed E-state index contributed by atoms with van der Waals surface area (Å²) >= 11 is 8.57. The topological polar surface area (TPSA) is 121 Å². The summed E-state index contributed by atoms with van der Waals surface area (Å²) in [6.45, 7) is 2.78. The molecule has 0 spiro atoms. The Hall–Kier alpha value is -3.22. The zero-order valence-corrected chi connectivity index (χ0v) is 19.0. The summed E-state index contributed by atoms with van der Waals surface area (Å²) in [5.74, 6) is -1.71. The van der Waals surface area contributed by atoms with E-state index in [1.165, 1.54) is 17.0 Å². The zero-order chi connectivity index (χ0) is 22.8. The van der Waals surface area contributed by atoms with Gasteiger partial charge in [-0.1, -0.05) is 22.0 Å². The van der Waals surface area contributed by atoms with Crippen LogP contribution in [0.5, 0.6) is 0 Å². The Labute approximate surface area is 196 Å². The molecule has 3 heterocycles. The number of nitrogens with zero attached hydrogens (tertiary/aromatic N) is 4. The van der Waals surface area contributed by atoms with Gasteiger partial charge in [0.25, 0.3) is 11.8 Å². The fraction of sp³-hybridized carbons (Fsp3) is 0.200. The Morgan fingerprint density at radius 3 is 2.62 bits per heavy atom. The van der Waals surface area contributed by atoms with E-state index in [0.29, 0.717) is 24.5 Å². The zero-order valence-electron chi connectivity index (χ0n) is 16.6. The van der Waals surface area contributed by atoms with E-state index in [1.54, 1.807) is 30.3 Å². The quantitative estimate of drug-likeness (QED) is 0.208. The number of piperazine rings is 1. The third-order valence-corrected chi connectivity index (χ3v) is 5.76. The lowest BCUT2D eigenvalue weighted by molar-refractivity contribution is -0.389. The Bertz CT molecular complexity index is 1160. The van der Waals surface area contributed by atoms with E-state index in [0.717, 1.165) is 17.6 Å². The number of nitro groups is 1. The molecule has 2 fully saturated rings. The van der Waals surface area contributed by atoms with E-state index < -0.39 is 16.7 Å². The van der Waals surface area contributed by atoms with Gasteiger partial charge in [0.2, 0.25) is 0 Å². The van der Waals surface area contributed by atoms with Crippen molar-refractivity contribution < 1.29 is 14.5 Å². The van der Waals surface area contributed by atoms with Crippen LogP contribution in [0.4, 0.5) is 17.2 Å². The van der Waals surface area contributed by atoms with Crippen molar-refractivity contribution in [3.05, 3.63) is 62.3 Å². The van der Waals surface area contributed by atoms with Gasteiger partial charge < -0.3 is 20.3 Å². The molecule has 2 aliphatic heterocycles. The van der Waals surface area contributed by atoms with Crippen molar-refractivity contribution in [3.63, 3.8) is 0 Å². The lowest BCUT2D eigenvalue weighted by Gasteiger charge is -2.30. The molecule has 1 aromatic heterocycles. The molecule has 2 aliphatic rings. The van der Waals surface area contributed by atoms with Crippen LogP contribution in [0.25, 0.3) is 6.08 Å². The molecule has 2 saturated heterocycles. The summed E-state index contributed by atoms with van der Waals surface area (Å²) in [6, 6.07) is 9.80. The van der Waals surface area contributed by atoms with Crippen LogP contribution in [0, 0.1) is 10.1 Å². The third-order valence-electron chi connectivity index (χ3n) is 4.98. The molecule has 0 aliphatic carbocycles. The second kappa shape index (κ2) is 9.10. The van der Waals surface area contributed by atoms with Gasteiger partial charge in [0.05, 0.1) is 11.4 Å². The van der Waals surface area contributed by atoms with E-state index in [2.05, 4.69) is 31.5 Å². The number of pyridine rings is 1. The molecule has 10 nitrogen and oxygen atoms in total. The minimum Gasteiger partial charge on any atom is -0.365 e. The van der Waals surface area contributed by atoms with Gasteiger partial charge in [0, 0.05) is 42.8 Å². The van der Waals surface area contributed by atoms with E-state index in [4.69, 9.17) is 12.2 Å². The van der Waals surface area contributed by atoms with Crippen molar-refractivity contribution in [2.75, 3.05) is 36.0 Å². The monoisotopic (exact) mass is 516 g/mol. The van der Waals surface area contributed by atoms with Crippen molar-refractivity contribution >= 4 is 68.3 Å². The number of rotatable bonds is 4. The van der Waals surface area contributed by atoms with Crippen LogP contribution >= 0.6 is 28.1 Å². The lowest BCUT2D eigenvalue weighted by Crippen LogP contribution is -2.54. The molecule has 2 aromatic rings. The molecule has 1 aromatic carbocycles. The summed E-state index contributed by atoms with van der Waals surface area (Å²) in [6.07, 6.45) is 1.29. The Morgan fingerprint density at radius 2 is 1.94 bits per heavy atom. The van der Waals surface area contributed by atoms with Crippen LogP contribution in [0.1, 0.15) is 5.69 Å². The Kier molecular flexibility index (Phi) is 6.26. The van der Waals surface area contributed by atoms with Gasteiger partial charge in [-0.3, -0.25) is 19.8 Å². The molecule has 2 N–H and O–H groups in total. The SMILES string of the molecule is O=C1NC(=S)N(c2cccc(Br)c2)C(=O)/C1=C\c1nc([N+](=O)[O-])ccc1N1CCNCC1. The summed E-state index contributed by atoms with van der Waals surface area (Å²) in [5.41, 5.74) is 1.02. The molecule has 0 radical (unpaired) electrons. The fourth-order valence-electron chi connectivity index (χ4n) is 3.48. The predicted octanol–water partition coefficient (Wildman–Crippen LogP) is 1.99. The first-order valence-electron chi connectivity index (χ1n) is 9.63. The van der Waals surface area contributed by atoms with E-state index in [-0.39, 0.29) is 22.2 Å². The number of aromatic nitrogens is 1. The smallest absolute Gasteiger partial charge is 0.364 e. The van der Waals surface area contributed by atoms with Crippen molar-refractivity contribution in [1.29, 1.82) is 0 Å².